The van der Waals surface area contributed by atoms with Crippen molar-refractivity contribution in [3.8, 4) is 0 Å². The number of halogens is 1. The molecule has 0 aliphatic carbocycles. The summed E-state index contributed by atoms with van der Waals surface area (Å²) in [5, 5.41) is 1.68. The van der Waals surface area contributed by atoms with Crippen molar-refractivity contribution in [3.63, 3.8) is 0 Å². The first kappa shape index (κ1) is 8.32. The molecule has 0 fully saturated rings. The minimum atomic E-state index is 0.676. The van der Waals surface area contributed by atoms with Gasteiger partial charge >= 0.3 is 0 Å². The van der Waals surface area contributed by atoms with E-state index in [4.69, 9.17) is 11.6 Å². The van der Waals surface area contributed by atoms with Crippen molar-refractivity contribution in [2.45, 2.75) is 0 Å². The number of hydrogen-bond acceptors (Lipinski definition) is 1. The molecule has 0 saturated carbocycles. The van der Waals surface area contributed by atoms with Gasteiger partial charge in [0, 0.05) is 23.5 Å². The molecule has 0 saturated heterocycles. The normalized spacial score (nSPS) is 10.6. The minimum Gasteiger partial charge on any atom is -0.335 e. The molecule has 2 aromatic rings. The van der Waals surface area contributed by atoms with Crippen LogP contribution in [-0.4, -0.2) is 10.9 Å². The molecule has 0 aliphatic heterocycles. The molecule has 0 bridgehead atoms. The molecule has 2 rings (SSSR count). The molecule has 1 aromatic heterocycles. The monoisotopic (exact) mass is 193 g/mol. The van der Waals surface area contributed by atoms with Crippen molar-refractivity contribution in [1.82, 2.24) is 4.57 Å². The highest BCUT2D eigenvalue weighted by atomic mass is 35.5. The van der Waals surface area contributed by atoms with Gasteiger partial charge in [0.25, 0.3) is 0 Å². The summed E-state index contributed by atoms with van der Waals surface area (Å²) in [5.41, 5.74) is 1.71. The summed E-state index contributed by atoms with van der Waals surface area (Å²) < 4.78 is 1.88. The molecule has 1 heterocycles. The van der Waals surface area contributed by atoms with E-state index in [0.717, 1.165) is 17.2 Å². The minimum absolute atomic E-state index is 0.676. The fourth-order valence-electron chi connectivity index (χ4n) is 1.41. The van der Waals surface area contributed by atoms with E-state index >= 15 is 0 Å². The number of carbonyl (C=O) groups excluding carboxylic acids is 1. The van der Waals surface area contributed by atoms with Crippen LogP contribution < -0.4 is 0 Å². The first-order chi connectivity index (χ1) is 6.22. The summed E-state index contributed by atoms with van der Waals surface area (Å²) in [6.45, 7) is 0. The van der Waals surface area contributed by atoms with Crippen molar-refractivity contribution in [3.05, 3.63) is 35.0 Å². The van der Waals surface area contributed by atoms with E-state index in [1.54, 1.807) is 6.07 Å². The van der Waals surface area contributed by atoms with Gasteiger partial charge in [-0.25, -0.2) is 0 Å². The van der Waals surface area contributed by atoms with Crippen molar-refractivity contribution < 1.29 is 4.79 Å². The van der Waals surface area contributed by atoms with E-state index in [2.05, 4.69) is 0 Å². The Labute approximate surface area is 80.7 Å². The largest absolute Gasteiger partial charge is 0.335 e. The van der Waals surface area contributed by atoms with Crippen molar-refractivity contribution in [2.24, 2.45) is 7.05 Å². The molecule has 2 nitrogen and oxygen atoms in total. The van der Waals surface area contributed by atoms with Gasteiger partial charge in [0.2, 0.25) is 0 Å². The average Bonchev–Trinajstić information content (AvgIpc) is 2.42. The number of aryl methyl sites for hydroxylation is 1. The highest BCUT2D eigenvalue weighted by Gasteiger charge is 2.03. The Bertz CT molecular complexity index is 473. The molecule has 66 valence electrons. The number of fused-ring (bicyclic) bond motifs is 1. The van der Waals surface area contributed by atoms with Crippen LogP contribution in [-0.2, 0) is 7.05 Å². The Hall–Kier alpha value is -1.28. The first-order valence-corrected chi connectivity index (χ1v) is 4.30. The van der Waals surface area contributed by atoms with Gasteiger partial charge in [-0.3, -0.25) is 4.79 Å². The number of aromatic nitrogens is 1. The lowest BCUT2D eigenvalue weighted by molar-refractivity contribution is 0.112. The lowest BCUT2D eigenvalue weighted by atomic mass is 10.2. The molecular weight excluding hydrogens is 186 g/mol. The van der Waals surface area contributed by atoms with Crippen LogP contribution in [0.2, 0.25) is 5.15 Å². The van der Waals surface area contributed by atoms with Gasteiger partial charge in [-0.1, -0.05) is 11.6 Å². The van der Waals surface area contributed by atoms with Crippen LogP contribution in [0.1, 0.15) is 10.4 Å². The Balaban J connectivity index is 2.79. The Morgan fingerprint density at radius 3 is 2.85 bits per heavy atom. The predicted octanol–water partition coefficient (Wildman–Crippen LogP) is 2.64. The number of nitrogens with zero attached hydrogens (tertiary/aromatic N) is 1. The zero-order valence-corrected chi connectivity index (χ0v) is 7.88. The molecule has 0 amide bonds. The molecular formula is C10H8ClNO. The third-order valence-corrected chi connectivity index (χ3v) is 2.51. The summed E-state index contributed by atoms with van der Waals surface area (Å²) in [5.74, 6) is 0. The summed E-state index contributed by atoms with van der Waals surface area (Å²) in [6.07, 6.45) is 0.834. The van der Waals surface area contributed by atoms with Crippen LogP contribution >= 0.6 is 11.6 Å². The average molecular weight is 194 g/mol. The maximum Gasteiger partial charge on any atom is 0.150 e. The van der Waals surface area contributed by atoms with Gasteiger partial charge < -0.3 is 4.57 Å². The van der Waals surface area contributed by atoms with E-state index in [1.165, 1.54) is 0 Å². The number of hydrogen-bond donors (Lipinski definition) is 0. The standard InChI is InChI=1S/C10H8ClNO/c1-12-9-3-2-7(6-13)4-8(9)5-10(12)11/h2-6H,1H3. The highest BCUT2D eigenvalue weighted by molar-refractivity contribution is 6.30. The third kappa shape index (κ3) is 1.23. The van der Waals surface area contributed by atoms with Gasteiger partial charge in [-0.2, -0.15) is 0 Å². The van der Waals surface area contributed by atoms with E-state index in [0.29, 0.717) is 10.7 Å². The first-order valence-electron chi connectivity index (χ1n) is 3.92. The summed E-state index contributed by atoms with van der Waals surface area (Å²) in [7, 11) is 1.89. The quantitative estimate of drug-likeness (QED) is 0.639. The van der Waals surface area contributed by atoms with Crippen LogP contribution in [0, 0.1) is 0 Å². The van der Waals surface area contributed by atoms with Crippen LogP contribution in [0.15, 0.2) is 24.3 Å². The van der Waals surface area contributed by atoms with E-state index in [9.17, 15) is 4.79 Å². The van der Waals surface area contributed by atoms with Crippen molar-refractivity contribution in [2.75, 3.05) is 0 Å². The topological polar surface area (TPSA) is 22.0 Å². The van der Waals surface area contributed by atoms with Crippen LogP contribution in [0.25, 0.3) is 10.9 Å². The molecule has 0 spiro atoms. The molecule has 0 N–H and O–H groups in total. The Morgan fingerprint density at radius 2 is 2.15 bits per heavy atom. The highest BCUT2D eigenvalue weighted by Crippen LogP contribution is 2.22. The zero-order valence-electron chi connectivity index (χ0n) is 7.12. The van der Waals surface area contributed by atoms with Crippen LogP contribution in [0.5, 0.6) is 0 Å². The smallest absolute Gasteiger partial charge is 0.150 e. The van der Waals surface area contributed by atoms with Gasteiger partial charge in [0.05, 0.1) is 0 Å². The molecule has 0 unspecified atom stereocenters. The number of rotatable bonds is 1. The summed E-state index contributed by atoms with van der Waals surface area (Å²) >= 11 is 5.92. The van der Waals surface area contributed by atoms with Crippen LogP contribution in [0.4, 0.5) is 0 Å². The van der Waals surface area contributed by atoms with E-state index < -0.39 is 0 Å². The molecule has 0 radical (unpaired) electrons. The second-order valence-electron chi connectivity index (χ2n) is 2.96. The summed E-state index contributed by atoms with van der Waals surface area (Å²) in [6, 6.07) is 7.36. The fourth-order valence-corrected chi connectivity index (χ4v) is 1.62. The third-order valence-electron chi connectivity index (χ3n) is 2.14. The van der Waals surface area contributed by atoms with Crippen LogP contribution in [0.3, 0.4) is 0 Å². The molecule has 3 heteroatoms. The lowest BCUT2D eigenvalue weighted by Gasteiger charge is -1.96. The van der Waals surface area contributed by atoms with E-state index in [-0.39, 0.29) is 0 Å². The van der Waals surface area contributed by atoms with Gasteiger partial charge in [-0.05, 0) is 24.3 Å². The maximum absolute atomic E-state index is 10.5. The van der Waals surface area contributed by atoms with E-state index in [1.807, 2.05) is 29.8 Å². The van der Waals surface area contributed by atoms with Crippen molar-refractivity contribution >= 4 is 28.8 Å². The molecule has 1 aromatic carbocycles. The number of benzene rings is 1. The Morgan fingerprint density at radius 1 is 1.38 bits per heavy atom. The SMILES string of the molecule is Cn1c(Cl)cc2cc(C=O)ccc21. The second kappa shape index (κ2) is 2.89. The number of aldehydes is 1. The zero-order chi connectivity index (χ0) is 9.42. The van der Waals surface area contributed by atoms with Crippen molar-refractivity contribution in [1.29, 1.82) is 0 Å². The number of carbonyl (C=O) groups is 1. The predicted molar refractivity (Wildman–Crippen MR) is 53.3 cm³/mol. The Kier molecular flexibility index (Phi) is 1.85. The van der Waals surface area contributed by atoms with Gasteiger partial charge in [0.15, 0.2) is 0 Å². The van der Waals surface area contributed by atoms with Gasteiger partial charge in [0.1, 0.15) is 11.4 Å². The van der Waals surface area contributed by atoms with Gasteiger partial charge in [-0.15, -0.1) is 0 Å². The summed E-state index contributed by atoms with van der Waals surface area (Å²) in [4.78, 5) is 10.5. The lowest BCUT2D eigenvalue weighted by Crippen LogP contribution is -1.86. The molecule has 13 heavy (non-hydrogen) atoms. The fraction of sp³-hybridized carbons (Fsp3) is 0.100. The molecule has 0 aliphatic rings. The molecule has 0 atom stereocenters. The maximum atomic E-state index is 10.5. The second-order valence-corrected chi connectivity index (χ2v) is 3.35.